The van der Waals surface area contributed by atoms with Crippen LogP contribution in [0.4, 0.5) is 0 Å². The molecule has 0 aliphatic carbocycles. The van der Waals surface area contributed by atoms with Crippen molar-refractivity contribution in [3.05, 3.63) is 17.3 Å². The predicted octanol–water partition coefficient (Wildman–Crippen LogP) is -0.826. The standard InChI is InChI=1S/C13H19N3O6S2/c1-8-12(14-9(2)22-8)13(17)15-4-5-16(23(3,18)19)11-7-24(20,21)6-10(11)15/h10-11H,4-7H2,1-3H3/t10-,11+/m1/s1. The maximum atomic E-state index is 12.8. The lowest BCUT2D eigenvalue weighted by Crippen LogP contribution is -2.61. The van der Waals surface area contributed by atoms with Crippen LogP contribution in [0.5, 0.6) is 0 Å². The van der Waals surface area contributed by atoms with E-state index in [2.05, 4.69) is 4.98 Å². The van der Waals surface area contributed by atoms with Crippen LogP contribution in [0.15, 0.2) is 4.42 Å². The Bertz CT molecular complexity index is 889. The van der Waals surface area contributed by atoms with Crippen molar-refractivity contribution in [3.8, 4) is 0 Å². The van der Waals surface area contributed by atoms with Gasteiger partial charge >= 0.3 is 0 Å². The summed E-state index contributed by atoms with van der Waals surface area (Å²) in [6.07, 6.45) is 1.05. The molecule has 1 amide bonds. The van der Waals surface area contributed by atoms with Gasteiger partial charge in [-0.1, -0.05) is 0 Å². The molecule has 0 N–H and O–H groups in total. The first-order chi connectivity index (χ1) is 11.0. The van der Waals surface area contributed by atoms with Crippen LogP contribution in [0, 0.1) is 13.8 Å². The summed E-state index contributed by atoms with van der Waals surface area (Å²) in [7, 11) is -6.97. The lowest BCUT2D eigenvalue weighted by atomic mass is 10.1. The highest BCUT2D eigenvalue weighted by Gasteiger charge is 2.51. The summed E-state index contributed by atoms with van der Waals surface area (Å²) in [5, 5.41) is 0. The van der Waals surface area contributed by atoms with Crippen LogP contribution in [0.25, 0.3) is 0 Å². The van der Waals surface area contributed by atoms with Crippen molar-refractivity contribution in [1.29, 1.82) is 0 Å². The van der Waals surface area contributed by atoms with E-state index in [4.69, 9.17) is 4.42 Å². The molecule has 2 saturated heterocycles. The molecule has 9 nitrogen and oxygen atoms in total. The summed E-state index contributed by atoms with van der Waals surface area (Å²) in [6, 6.07) is -1.46. The highest BCUT2D eigenvalue weighted by Crippen LogP contribution is 2.30. The minimum absolute atomic E-state index is 0.0666. The van der Waals surface area contributed by atoms with Crippen molar-refractivity contribution in [3.63, 3.8) is 0 Å². The minimum atomic E-state index is -3.55. The van der Waals surface area contributed by atoms with Crippen molar-refractivity contribution in [2.75, 3.05) is 30.9 Å². The molecule has 0 bridgehead atoms. The molecule has 2 aliphatic heterocycles. The van der Waals surface area contributed by atoms with Crippen LogP contribution in [0.1, 0.15) is 22.1 Å². The Labute approximate surface area is 140 Å². The lowest BCUT2D eigenvalue weighted by molar-refractivity contribution is 0.0509. The Morgan fingerprint density at radius 1 is 1.21 bits per heavy atom. The third-order valence-electron chi connectivity index (χ3n) is 4.42. The van der Waals surface area contributed by atoms with Crippen LogP contribution in [-0.4, -0.2) is 79.9 Å². The molecule has 134 valence electrons. The van der Waals surface area contributed by atoms with E-state index >= 15 is 0 Å². The largest absolute Gasteiger partial charge is 0.445 e. The number of aryl methyl sites for hydroxylation is 2. The van der Waals surface area contributed by atoms with Gasteiger partial charge in [-0.25, -0.2) is 21.8 Å². The number of rotatable bonds is 2. The van der Waals surface area contributed by atoms with Gasteiger partial charge in [-0.2, -0.15) is 4.31 Å². The van der Waals surface area contributed by atoms with E-state index < -0.39 is 37.9 Å². The van der Waals surface area contributed by atoms with Gasteiger partial charge in [0.25, 0.3) is 5.91 Å². The van der Waals surface area contributed by atoms with Gasteiger partial charge < -0.3 is 9.32 Å². The number of hydrogen-bond acceptors (Lipinski definition) is 7. The van der Waals surface area contributed by atoms with Gasteiger partial charge in [0.05, 0.1) is 29.8 Å². The van der Waals surface area contributed by atoms with Gasteiger partial charge in [-0.15, -0.1) is 0 Å². The van der Waals surface area contributed by atoms with E-state index in [1.165, 1.54) is 9.21 Å². The third-order valence-corrected chi connectivity index (χ3v) is 7.42. The molecule has 2 atom stereocenters. The van der Waals surface area contributed by atoms with E-state index in [9.17, 15) is 21.6 Å². The summed E-state index contributed by atoms with van der Waals surface area (Å²) in [5.41, 5.74) is 0.142. The molecule has 0 radical (unpaired) electrons. The number of amides is 1. The highest BCUT2D eigenvalue weighted by atomic mass is 32.2. The van der Waals surface area contributed by atoms with Crippen LogP contribution in [-0.2, 0) is 19.9 Å². The monoisotopic (exact) mass is 377 g/mol. The highest BCUT2D eigenvalue weighted by molar-refractivity contribution is 7.92. The molecule has 3 rings (SSSR count). The van der Waals surface area contributed by atoms with Gasteiger partial charge in [0.1, 0.15) is 5.76 Å². The Morgan fingerprint density at radius 3 is 2.38 bits per heavy atom. The van der Waals surface area contributed by atoms with Gasteiger partial charge in [-0.05, 0) is 6.92 Å². The first-order valence-corrected chi connectivity index (χ1v) is 11.1. The Hall–Kier alpha value is -1.46. The zero-order valence-electron chi connectivity index (χ0n) is 13.6. The summed E-state index contributed by atoms with van der Waals surface area (Å²) in [6.45, 7) is 3.42. The zero-order valence-corrected chi connectivity index (χ0v) is 15.2. The number of fused-ring (bicyclic) bond motifs is 1. The number of hydrogen-bond donors (Lipinski definition) is 0. The molecule has 1 aromatic rings. The van der Waals surface area contributed by atoms with E-state index in [0.29, 0.717) is 11.7 Å². The third kappa shape index (κ3) is 2.95. The van der Waals surface area contributed by atoms with Crippen LogP contribution >= 0.6 is 0 Å². The Morgan fingerprint density at radius 2 is 1.83 bits per heavy atom. The Kier molecular flexibility index (Phi) is 4.00. The summed E-state index contributed by atoms with van der Waals surface area (Å²) in [5.74, 6) is -0.234. The number of carbonyl (C=O) groups excluding carboxylic acids is 1. The van der Waals surface area contributed by atoms with E-state index in [1.807, 2.05) is 0 Å². The second kappa shape index (κ2) is 5.53. The van der Waals surface area contributed by atoms with E-state index in [1.54, 1.807) is 13.8 Å². The predicted molar refractivity (Wildman–Crippen MR) is 84.8 cm³/mol. The molecular weight excluding hydrogens is 358 g/mol. The van der Waals surface area contributed by atoms with E-state index in [0.717, 1.165) is 6.26 Å². The molecule has 0 saturated carbocycles. The second-order valence-corrected chi connectivity index (χ2v) is 10.3. The summed E-state index contributed by atoms with van der Waals surface area (Å²) >= 11 is 0. The fourth-order valence-corrected chi connectivity index (χ4v) is 6.64. The van der Waals surface area contributed by atoms with Gasteiger partial charge in [0.15, 0.2) is 21.4 Å². The number of piperazine rings is 1. The average molecular weight is 377 g/mol. The molecule has 2 fully saturated rings. The summed E-state index contributed by atoms with van der Waals surface area (Å²) < 4.78 is 54.4. The first-order valence-electron chi connectivity index (χ1n) is 7.42. The SMILES string of the molecule is Cc1nc(C(=O)N2CCN(S(C)(=O)=O)[C@H]3CS(=O)(=O)C[C@H]32)c(C)o1. The number of carbonyl (C=O) groups is 1. The van der Waals surface area contributed by atoms with Crippen molar-refractivity contribution in [1.82, 2.24) is 14.2 Å². The maximum absolute atomic E-state index is 12.8. The smallest absolute Gasteiger partial charge is 0.276 e. The quantitative estimate of drug-likeness (QED) is 0.660. The molecule has 1 aromatic heterocycles. The van der Waals surface area contributed by atoms with E-state index in [-0.39, 0.29) is 30.3 Å². The van der Waals surface area contributed by atoms with Gasteiger partial charge in [0.2, 0.25) is 10.0 Å². The number of sulfone groups is 1. The fraction of sp³-hybridized carbons (Fsp3) is 0.692. The zero-order chi connectivity index (χ0) is 17.9. The topological polar surface area (TPSA) is 118 Å². The maximum Gasteiger partial charge on any atom is 0.276 e. The molecule has 0 spiro atoms. The van der Waals surface area contributed by atoms with Crippen LogP contribution < -0.4 is 0 Å². The van der Waals surface area contributed by atoms with Crippen LogP contribution in [0.3, 0.4) is 0 Å². The molecule has 0 aromatic carbocycles. The van der Waals surface area contributed by atoms with Crippen molar-refractivity contribution < 1.29 is 26.0 Å². The molecule has 2 aliphatic rings. The average Bonchev–Trinajstić information content (AvgIpc) is 2.93. The minimum Gasteiger partial charge on any atom is -0.445 e. The molecule has 24 heavy (non-hydrogen) atoms. The number of aromatic nitrogens is 1. The van der Waals surface area contributed by atoms with Crippen molar-refractivity contribution in [2.45, 2.75) is 25.9 Å². The van der Waals surface area contributed by atoms with Crippen LogP contribution in [0.2, 0.25) is 0 Å². The van der Waals surface area contributed by atoms with Crippen molar-refractivity contribution >= 4 is 25.8 Å². The van der Waals surface area contributed by atoms with Crippen molar-refractivity contribution in [2.24, 2.45) is 0 Å². The summed E-state index contributed by atoms with van der Waals surface area (Å²) in [4.78, 5) is 18.3. The lowest BCUT2D eigenvalue weighted by Gasteiger charge is -2.42. The number of nitrogens with zero attached hydrogens (tertiary/aromatic N) is 3. The molecular formula is C13H19N3O6S2. The second-order valence-electron chi connectivity index (χ2n) is 6.22. The molecule has 11 heteroatoms. The first kappa shape index (κ1) is 17.4. The fourth-order valence-electron chi connectivity index (χ4n) is 3.45. The normalized spacial score (nSPS) is 27.2. The van der Waals surface area contributed by atoms with Gasteiger partial charge in [0, 0.05) is 20.0 Å². The van der Waals surface area contributed by atoms with Gasteiger partial charge in [-0.3, -0.25) is 4.79 Å². The number of oxazole rings is 1. The molecule has 0 unspecified atom stereocenters. The Balaban J connectivity index is 1.97. The number of sulfonamides is 1. The molecule has 3 heterocycles.